The molecule has 1 fully saturated rings. The maximum Gasteiger partial charge on any atom is 0.251 e. The second-order valence-corrected chi connectivity index (χ2v) is 9.34. The van der Waals surface area contributed by atoms with Crippen molar-refractivity contribution < 1.29 is 22.3 Å². The second-order valence-electron chi connectivity index (χ2n) is 7.43. The molecule has 2 aromatic carbocycles. The van der Waals surface area contributed by atoms with Crippen LogP contribution in [0.25, 0.3) is 0 Å². The number of sulfonamides is 1. The number of benzene rings is 2. The van der Waals surface area contributed by atoms with Gasteiger partial charge < -0.3 is 10.1 Å². The molecule has 1 aliphatic heterocycles. The van der Waals surface area contributed by atoms with E-state index in [9.17, 15) is 17.6 Å². The number of rotatable bonds is 6. The van der Waals surface area contributed by atoms with Gasteiger partial charge in [-0.1, -0.05) is 25.0 Å². The maximum atomic E-state index is 13.2. The van der Waals surface area contributed by atoms with Crippen molar-refractivity contribution in [1.29, 1.82) is 0 Å². The Balaban J connectivity index is 1.86. The Morgan fingerprint density at radius 2 is 1.70 bits per heavy atom. The van der Waals surface area contributed by atoms with Gasteiger partial charge in [-0.3, -0.25) is 4.79 Å². The fraction of sp³-hybridized carbons (Fsp3) is 0.409. The van der Waals surface area contributed by atoms with Crippen LogP contribution in [-0.2, 0) is 10.0 Å². The van der Waals surface area contributed by atoms with Gasteiger partial charge in [0.05, 0.1) is 13.2 Å². The molecule has 1 heterocycles. The van der Waals surface area contributed by atoms with Crippen LogP contribution in [0.2, 0.25) is 0 Å². The van der Waals surface area contributed by atoms with E-state index in [2.05, 4.69) is 5.32 Å². The Labute approximate surface area is 177 Å². The molecule has 2 aromatic rings. The molecule has 0 unspecified atom stereocenters. The van der Waals surface area contributed by atoms with Crippen molar-refractivity contribution in [3.63, 3.8) is 0 Å². The molecule has 6 nitrogen and oxygen atoms in total. The van der Waals surface area contributed by atoms with Gasteiger partial charge in [0.25, 0.3) is 5.91 Å². The lowest BCUT2D eigenvalue weighted by molar-refractivity contribution is 0.0939. The van der Waals surface area contributed by atoms with Crippen LogP contribution in [-0.4, -0.2) is 38.8 Å². The molecule has 1 amide bonds. The molecule has 0 aliphatic carbocycles. The van der Waals surface area contributed by atoms with E-state index in [-0.39, 0.29) is 28.1 Å². The topological polar surface area (TPSA) is 75.7 Å². The molecule has 0 saturated carbocycles. The fourth-order valence-electron chi connectivity index (χ4n) is 3.56. The average molecular weight is 435 g/mol. The summed E-state index contributed by atoms with van der Waals surface area (Å²) in [6.45, 7) is 2.70. The lowest BCUT2D eigenvalue weighted by Crippen LogP contribution is -2.32. The molecule has 3 rings (SSSR count). The normalized spacial score (nSPS) is 16.5. The summed E-state index contributed by atoms with van der Waals surface area (Å²) in [7, 11) is -2.37. The molecule has 0 bridgehead atoms. The quantitative estimate of drug-likeness (QED) is 0.748. The minimum absolute atomic E-state index is 0.00557. The molecule has 0 radical (unpaired) electrons. The summed E-state index contributed by atoms with van der Waals surface area (Å²) in [4.78, 5) is 12.8. The molecule has 0 spiro atoms. The zero-order valence-electron chi connectivity index (χ0n) is 17.2. The summed E-state index contributed by atoms with van der Waals surface area (Å²) in [6, 6.07) is 9.90. The van der Waals surface area contributed by atoms with Crippen LogP contribution in [0.15, 0.2) is 47.4 Å². The number of ether oxygens (including phenoxy) is 1. The van der Waals surface area contributed by atoms with Gasteiger partial charge >= 0.3 is 0 Å². The first-order valence-corrected chi connectivity index (χ1v) is 11.5. The predicted molar refractivity (Wildman–Crippen MR) is 113 cm³/mol. The number of carbonyl (C=O) groups excluding carboxylic acids is 1. The van der Waals surface area contributed by atoms with Crippen molar-refractivity contribution in [2.45, 2.75) is 43.5 Å². The van der Waals surface area contributed by atoms with Crippen molar-refractivity contribution in [1.82, 2.24) is 9.62 Å². The highest BCUT2D eigenvalue weighted by Gasteiger charge is 2.29. The fourth-order valence-corrected chi connectivity index (χ4v) is 5.25. The first-order valence-electron chi connectivity index (χ1n) is 10.1. The molecule has 1 N–H and O–H groups in total. The highest BCUT2D eigenvalue weighted by atomic mass is 32.2. The Morgan fingerprint density at radius 1 is 1.07 bits per heavy atom. The van der Waals surface area contributed by atoms with E-state index < -0.39 is 15.9 Å². The lowest BCUT2D eigenvalue weighted by atomic mass is 10.1. The first kappa shape index (κ1) is 22.2. The smallest absolute Gasteiger partial charge is 0.251 e. The van der Waals surface area contributed by atoms with Crippen LogP contribution < -0.4 is 10.1 Å². The highest BCUT2D eigenvalue weighted by molar-refractivity contribution is 7.89. The van der Waals surface area contributed by atoms with Gasteiger partial charge in [-0.25, -0.2) is 12.8 Å². The maximum absolute atomic E-state index is 13.2. The number of hydrogen-bond acceptors (Lipinski definition) is 4. The van der Waals surface area contributed by atoms with Crippen molar-refractivity contribution in [2.75, 3.05) is 20.2 Å². The SMILES string of the molecule is COc1ccc(C(=O)N[C@@H](C)c2ccc(F)cc2)cc1S(=O)(=O)N1CCCCCC1. The highest BCUT2D eigenvalue weighted by Crippen LogP contribution is 2.29. The number of halogens is 1. The zero-order chi connectivity index (χ0) is 21.7. The Hall–Kier alpha value is -2.45. The van der Waals surface area contributed by atoms with Gasteiger partial charge in [-0.2, -0.15) is 4.31 Å². The van der Waals surface area contributed by atoms with E-state index in [1.54, 1.807) is 19.1 Å². The van der Waals surface area contributed by atoms with Gasteiger partial charge in [0.2, 0.25) is 10.0 Å². The number of nitrogens with zero attached hydrogens (tertiary/aromatic N) is 1. The largest absolute Gasteiger partial charge is 0.495 e. The van der Waals surface area contributed by atoms with Gasteiger partial charge in [0, 0.05) is 18.7 Å². The third-order valence-corrected chi connectivity index (χ3v) is 7.25. The summed E-state index contributed by atoms with van der Waals surface area (Å²) >= 11 is 0. The Morgan fingerprint density at radius 3 is 2.30 bits per heavy atom. The number of carbonyl (C=O) groups is 1. The number of nitrogens with one attached hydrogen (secondary N) is 1. The molecule has 0 aromatic heterocycles. The summed E-state index contributed by atoms with van der Waals surface area (Å²) in [6.07, 6.45) is 3.65. The van der Waals surface area contributed by atoms with Crippen LogP contribution >= 0.6 is 0 Å². The minimum Gasteiger partial charge on any atom is -0.495 e. The molecular formula is C22H27FN2O4S. The second kappa shape index (κ2) is 9.57. The summed E-state index contributed by atoms with van der Waals surface area (Å²) in [5.74, 6) is -0.556. The van der Waals surface area contributed by atoms with Crippen LogP contribution in [0.1, 0.15) is 54.6 Å². The first-order chi connectivity index (χ1) is 14.3. The van der Waals surface area contributed by atoms with E-state index in [1.165, 1.54) is 41.7 Å². The molecule has 8 heteroatoms. The van der Waals surface area contributed by atoms with E-state index in [0.29, 0.717) is 13.1 Å². The molecule has 1 aliphatic rings. The minimum atomic E-state index is -3.78. The monoisotopic (exact) mass is 434 g/mol. The third kappa shape index (κ3) is 4.99. The van der Waals surface area contributed by atoms with Gasteiger partial charge in [0.1, 0.15) is 16.5 Å². The number of methoxy groups -OCH3 is 1. The van der Waals surface area contributed by atoms with Gasteiger partial charge in [-0.05, 0) is 55.7 Å². The summed E-state index contributed by atoms with van der Waals surface area (Å²) < 4.78 is 46.4. The van der Waals surface area contributed by atoms with Gasteiger partial charge in [-0.15, -0.1) is 0 Å². The van der Waals surface area contributed by atoms with Crippen molar-refractivity contribution in [3.8, 4) is 5.75 Å². The van der Waals surface area contributed by atoms with E-state index in [0.717, 1.165) is 31.2 Å². The van der Waals surface area contributed by atoms with E-state index in [4.69, 9.17) is 4.74 Å². The van der Waals surface area contributed by atoms with Crippen molar-refractivity contribution in [3.05, 3.63) is 59.4 Å². The van der Waals surface area contributed by atoms with Crippen molar-refractivity contribution >= 4 is 15.9 Å². The molecule has 1 atom stereocenters. The number of hydrogen-bond donors (Lipinski definition) is 1. The number of amides is 1. The Bertz CT molecular complexity index is 985. The standard InChI is InChI=1S/C22H27FN2O4S/c1-16(17-7-10-19(23)11-8-17)24-22(26)18-9-12-20(29-2)21(15-18)30(27,28)25-13-5-3-4-6-14-25/h7-12,15-16H,3-6,13-14H2,1-2H3,(H,24,26)/t16-/m0/s1. The predicted octanol–water partition coefficient (Wildman–Crippen LogP) is 3.89. The molecular weight excluding hydrogens is 407 g/mol. The molecule has 1 saturated heterocycles. The zero-order valence-corrected chi connectivity index (χ0v) is 18.0. The average Bonchev–Trinajstić information content (AvgIpc) is 3.04. The summed E-state index contributed by atoms with van der Waals surface area (Å²) in [5, 5.41) is 2.83. The Kier molecular flexibility index (Phi) is 7.10. The lowest BCUT2D eigenvalue weighted by Gasteiger charge is -2.22. The van der Waals surface area contributed by atoms with Crippen LogP contribution in [0.4, 0.5) is 4.39 Å². The van der Waals surface area contributed by atoms with Crippen LogP contribution in [0, 0.1) is 5.82 Å². The molecule has 30 heavy (non-hydrogen) atoms. The van der Waals surface area contributed by atoms with Crippen LogP contribution in [0.5, 0.6) is 5.75 Å². The molecule has 162 valence electrons. The summed E-state index contributed by atoms with van der Waals surface area (Å²) in [5.41, 5.74) is 0.967. The van der Waals surface area contributed by atoms with Crippen molar-refractivity contribution in [2.24, 2.45) is 0 Å². The third-order valence-electron chi connectivity index (χ3n) is 5.33. The van der Waals surface area contributed by atoms with Gasteiger partial charge in [0.15, 0.2) is 0 Å². The van der Waals surface area contributed by atoms with E-state index >= 15 is 0 Å². The van der Waals surface area contributed by atoms with E-state index in [1.807, 2.05) is 0 Å². The van der Waals surface area contributed by atoms with Crippen LogP contribution in [0.3, 0.4) is 0 Å².